The molecule has 0 unspecified atom stereocenters. The molecule has 12 heteroatoms. The van der Waals surface area contributed by atoms with Crippen molar-refractivity contribution in [2.24, 2.45) is 0 Å². The van der Waals surface area contributed by atoms with Gasteiger partial charge in [-0.05, 0) is 163 Å². The van der Waals surface area contributed by atoms with Gasteiger partial charge in [-0.15, -0.1) is 0 Å². The number of benzene rings is 22. The van der Waals surface area contributed by atoms with Gasteiger partial charge in [0.1, 0.15) is 0 Å². The maximum atomic E-state index is 5.21. The van der Waals surface area contributed by atoms with Gasteiger partial charge in [0.25, 0.3) is 0 Å². The Balaban J connectivity index is 0.000000111. The average molecular weight is 1850 g/mol. The zero-order valence-corrected chi connectivity index (χ0v) is 78.5. The minimum Gasteiger partial charge on any atom is -0.309 e. The summed E-state index contributed by atoms with van der Waals surface area (Å²) in [6.07, 6.45) is 0. The third-order valence-electron chi connectivity index (χ3n) is 27.5. The molecule has 0 amide bonds. The van der Waals surface area contributed by atoms with E-state index in [9.17, 15) is 0 Å². The molecule has 0 saturated heterocycles. The Labute approximate surface area is 835 Å². The smallest absolute Gasteiger partial charge is 0.164 e. The van der Waals surface area contributed by atoms with Crippen molar-refractivity contribution >= 4 is 109 Å². The van der Waals surface area contributed by atoms with E-state index in [2.05, 4.69) is 432 Å². The number of rotatable bonds is 15. The lowest BCUT2D eigenvalue weighted by atomic mass is 10.00. The van der Waals surface area contributed by atoms with Crippen LogP contribution < -0.4 is 0 Å². The van der Waals surface area contributed by atoms with Gasteiger partial charge in [-0.1, -0.05) is 425 Å². The van der Waals surface area contributed by atoms with Crippen molar-refractivity contribution in [3.05, 3.63) is 522 Å². The van der Waals surface area contributed by atoms with Gasteiger partial charge < -0.3 is 13.7 Å². The highest BCUT2D eigenvalue weighted by atomic mass is 15.1. The molecule has 28 aromatic rings. The van der Waals surface area contributed by atoms with Gasteiger partial charge >= 0.3 is 0 Å². The molecule has 0 aliphatic rings. The topological polar surface area (TPSA) is 131 Å². The Bertz CT molecular complexity index is 9630. The highest BCUT2D eigenvalue weighted by Gasteiger charge is 2.24. The molecule has 0 atom stereocenters. The second-order valence-corrected chi connectivity index (χ2v) is 36.3. The molecule has 0 radical (unpaired) electrons. The number of fused-ring (bicyclic) bond motifs is 13. The summed E-state index contributed by atoms with van der Waals surface area (Å²) in [6, 6.07) is 182. The van der Waals surface area contributed by atoms with Gasteiger partial charge in [-0.2, -0.15) is 0 Å². The molecule has 0 bridgehead atoms. The Morgan fingerprint density at radius 1 is 0.117 bits per heavy atom. The predicted molar refractivity (Wildman–Crippen MR) is 598 cm³/mol. The summed E-state index contributed by atoms with van der Waals surface area (Å²) >= 11 is 0. The highest BCUT2D eigenvalue weighted by molar-refractivity contribution is 6.14. The van der Waals surface area contributed by atoms with Crippen LogP contribution in [0.3, 0.4) is 0 Å². The number of hydrogen-bond donors (Lipinski definition) is 0. The fourth-order valence-corrected chi connectivity index (χ4v) is 20.5. The van der Waals surface area contributed by atoms with Crippen LogP contribution in [0, 0.1) is 0 Å². The van der Waals surface area contributed by atoms with Crippen LogP contribution in [0.2, 0.25) is 0 Å². The second kappa shape index (κ2) is 37.2. The molecule has 12 nitrogen and oxygen atoms in total. The van der Waals surface area contributed by atoms with Gasteiger partial charge in [0.15, 0.2) is 52.4 Å². The fraction of sp³-hybridized carbons (Fsp3) is 0. The van der Waals surface area contributed by atoms with Crippen LogP contribution in [-0.4, -0.2) is 58.6 Å². The van der Waals surface area contributed by atoms with Crippen molar-refractivity contribution in [2.45, 2.75) is 0 Å². The van der Waals surface area contributed by atoms with Crippen LogP contribution >= 0.6 is 0 Å². The first-order valence-corrected chi connectivity index (χ1v) is 48.8. The summed E-state index contributed by atoms with van der Waals surface area (Å²) in [5.74, 6) is 5.81. The molecule has 0 fully saturated rings. The lowest BCUT2D eigenvalue weighted by Gasteiger charge is -2.14. The molecule has 6 aromatic heterocycles. The van der Waals surface area contributed by atoms with Crippen LogP contribution in [-0.2, 0) is 0 Å². The highest BCUT2D eigenvalue weighted by Crippen LogP contribution is 2.43. The molecule has 0 N–H and O–H groups in total. The molecule has 145 heavy (non-hydrogen) atoms. The minimum atomic E-state index is 0.636. The van der Waals surface area contributed by atoms with E-state index >= 15 is 0 Å². The van der Waals surface area contributed by atoms with Crippen molar-refractivity contribution in [1.82, 2.24) is 58.6 Å². The first-order valence-electron chi connectivity index (χ1n) is 48.8. The first kappa shape index (κ1) is 85.7. The molecule has 22 aromatic carbocycles. The molecule has 678 valence electrons. The quantitative estimate of drug-likeness (QED) is 0.0984. The Kier molecular flexibility index (Phi) is 22.0. The number of para-hydroxylation sites is 6. The van der Waals surface area contributed by atoms with Gasteiger partial charge in [-0.25, -0.2) is 44.9 Å². The van der Waals surface area contributed by atoms with Gasteiger partial charge in [0.2, 0.25) is 0 Å². The SMILES string of the molecule is c1ccc(-c2ccc3cc(-c4nc(-c5ccccc5)nc(-c5ccc6c(-n7c8ccccc8c8ccccc87)cccc6c5)n4)ccc3c2)cc1.c1ccc(-c2cccc(-c3nc(-c4ccc5ccccc5c4)nc(-c4cccc5c(-n6c7ccccc7c7ccccc76)cccc45)n3)c2)cc1.c1ccc(-c2nc(-c3ccccc3)nc(-c3cccc(-c4cccc(-n5c6ccccc6c6ccccc65)c4)c3)n2)cc1. The Morgan fingerprint density at radius 2 is 0.366 bits per heavy atom. The van der Waals surface area contributed by atoms with E-state index in [1.807, 2.05) is 103 Å². The van der Waals surface area contributed by atoms with Crippen molar-refractivity contribution in [3.8, 4) is 153 Å². The normalized spacial score (nSPS) is 11.4. The summed E-state index contributed by atoms with van der Waals surface area (Å²) < 4.78 is 7.11. The van der Waals surface area contributed by atoms with Crippen molar-refractivity contribution in [3.63, 3.8) is 0 Å². The molecular weight excluding hydrogens is 1770 g/mol. The van der Waals surface area contributed by atoms with E-state index in [1.54, 1.807) is 0 Å². The molecule has 0 spiro atoms. The molecule has 0 aliphatic carbocycles. The largest absolute Gasteiger partial charge is 0.309 e. The average Bonchev–Trinajstić information content (AvgIpc) is 1.59. The van der Waals surface area contributed by atoms with Crippen molar-refractivity contribution in [2.75, 3.05) is 0 Å². The first-order chi connectivity index (χ1) is 71.9. The van der Waals surface area contributed by atoms with E-state index < -0.39 is 0 Å². The summed E-state index contributed by atoms with van der Waals surface area (Å²) in [5, 5.41) is 16.6. The number of hydrogen-bond acceptors (Lipinski definition) is 9. The van der Waals surface area contributed by atoms with E-state index in [0.717, 1.165) is 122 Å². The van der Waals surface area contributed by atoms with Crippen LogP contribution in [0.25, 0.3) is 261 Å². The third-order valence-corrected chi connectivity index (χ3v) is 27.5. The molecule has 0 aliphatic heterocycles. The van der Waals surface area contributed by atoms with Crippen LogP contribution in [0.5, 0.6) is 0 Å². The standard InChI is InChI=1S/2C47H30N4.C39H26N4/c1-3-12-31(13-4-1)33-22-23-35-29-37(25-24-34(35)28-33)46-48-45(32-14-5-2-6-15-32)49-47(50-46)38-26-27-39-36(30-38)16-11-21-42(39)51-43-19-9-7-17-40(43)41-18-8-10-20-44(41)51;1-2-13-31(14-3-1)34-17-10-18-35(29-34)45-48-46(36-28-27-32-15-4-5-16-33(32)30-36)50-47(49-45)41-23-11-22-38-37(41)21-12-26-44(38)51-42-24-8-6-19-39(42)40-20-7-9-25-43(40)51;1-3-13-27(14-4-1)37-40-38(28-15-5-2-6-16-28)42-39(41-37)31-19-11-17-29(25-31)30-18-12-20-32(26-30)43-35-23-9-7-21-33(35)34-22-8-10-24-36(34)43/h2*1-30H;1-26H. The van der Waals surface area contributed by atoms with E-state index in [4.69, 9.17) is 44.9 Å². The van der Waals surface area contributed by atoms with E-state index in [1.165, 1.54) is 87.3 Å². The minimum absolute atomic E-state index is 0.636. The van der Waals surface area contributed by atoms with Crippen molar-refractivity contribution < 1.29 is 0 Å². The third kappa shape index (κ3) is 16.3. The van der Waals surface area contributed by atoms with E-state index in [-0.39, 0.29) is 0 Å². The van der Waals surface area contributed by atoms with Crippen LogP contribution in [0.15, 0.2) is 522 Å². The fourth-order valence-electron chi connectivity index (χ4n) is 20.5. The number of nitrogens with zero attached hydrogens (tertiary/aromatic N) is 12. The summed E-state index contributed by atoms with van der Waals surface area (Å²) in [4.78, 5) is 45.4. The maximum absolute atomic E-state index is 5.21. The van der Waals surface area contributed by atoms with E-state index in [0.29, 0.717) is 52.4 Å². The van der Waals surface area contributed by atoms with Gasteiger partial charge in [0.05, 0.1) is 44.5 Å². The molecule has 0 saturated carbocycles. The Hall–Kier alpha value is -19.7. The maximum Gasteiger partial charge on any atom is 0.164 e. The Morgan fingerprint density at radius 3 is 0.807 bits per heavy atom. The monoisotopic (exact) mass is 1850 g/mol. The summed E-state index contributed by atoms with van der Waals surface area (Å²) in [6.45, 7) is 0. The lowest BCUT2D eigenvalue weighted by molar-refractivity contribution is 1.07. The predicted octanol–water partition coefficient (Wildman–Crippen LogP) is 33.5. The van der Waals surface area contributed by atoms with Crippen LogP contribution in [0.4, 0.5) is 0 Å². The second-order valence-electron chi connectivity index (χ2n) is 36.3. The lowest BCUT2D eigenvalue weighted by Crippen LogP contribution is -2.01. The van der Waals surface area contributed by atoms with Gasteiger partial charge in [0, 0.05) is 98.8 Å². The summed E-state index contributed by atoms with van der Waals surface area (Å²) in [7, 11) is 0. The zero-order chi connectivity index (χ0) is 96.0. The summed E-state index contributed by atoms with van der Waals surface area (Å²) in [5.41, 5.74) is 25.9. The molecule has 6 heterocycles. The van der Waals surface area contributed by atoms with Crippen molar-refractivity contribution in [1.29, 1.82) is 0 Å². The number of aromatic nitrogens is 12. The molecular formula is C133H86N12. The van der Waals surface area contributed by atoms with Crippen LogP contribution in [0.1, 0.15) is 0 Å². The van der Waals surface area contributed by atoms with Gasteiger partial charge in [-0.3, -0.25) is 0 Å². The zero-order valence-electron chi connectivity index (χ0n) is 78.5. The molecule has 28 rings (SSSR count).